The number of rotatable bonds is 5. The Kier molecular flexibility index (Phi) is 3.89. The Morgan fingerprint density at radius 1 is 1.25 bits per heavy atom. The minimum Gasteiger partial charge on any atom is -0.508 e. The summed E-state index contributed by atoms with van der Waals surface area (Å²) in [7, 11) is 0. The molecule has 20 heavy (non-hydrogen) atoms. The summed E-state index contributed by atoms with van der Waals surface area (Å²) in [4.78, 5) is 24.1. The summed E-state index contributed by atoms with van der Waals surface area (Å²) in [5.41, 5.74) is 0.364. The smallest absolute Gasteiger partial charge is 0.323 e. The molecule has 2 rings (SSSR count). The number of carbonyl (C=O) groups excluding carboxylic acids is 1. The highest BCUT2D eigenvalue weighted by Crippen LogP contribution is 2.18. The van der Waals surface area contributed by atoms with Crippen molar-refractivity contribution in [2.75, 3.05) is 11.4 Å². The minimum atomic E-state index is -1.15. The van der Waals surface area contributed by atoms with Crippen molar-refractivity contribution in [3.8, 4) is 5.75 Å². The van der Waals surface area contributed by atoms with Gasteiger partial charge in [-0.2, -0.15) is 0 Å². The lowest BCUT2D eigenvalue weighted by molar-refractivity contribution is -0.136. The Labute approximate surface area is 113 Å². The molecule has 9 heteroatoms. The van der Waals surface area contributed by atoms with Gasteiger partial charge in [-0.05, 0) is 34.7 Å². The number of tetrazole rings is 1. The van der Waals surface area contributed by atoms with Gasteiger partial charge in [-0.15, -0.1) is 5.10 Å². The highest BCUT2D eigenvalue weighted by molar-refractivity contribution is 5.97. The van der Waals surface area contributed by atoms with Gasteiger partial charge in [-0.1, -0.05) is 0 Å². The normalized spacial score (nSPS) is 10.2. The summed E-state index contributed by atoms with van der Waals surface area (Å²) in [5, 5.41) is 28.4. The Hall–Kier alpha value is -2.97. The molecular formula is C11H11N5O4. The van der Waals surface area contributed by atoms with Gasteiger partial charge in [-0.25, -0.2) is 4.68 Å². The van der Waals surface area contributed by atoms with E-state index < -0.39 is 18.4 Å². The zero-order valence-electron chi connectivity index (χ0n) is 10.2. The predicted octanol–water partition coefficient (Wildman–Crippen LogP) is -0.504. The number of aliphatic carboxylic acids is 1. The number of anilines is 1. The monoisotopic (exact) mass is 277 g/mol. The molecular weight excluding hydrogens is 266 g/mol. The Bertz CT molecular complexity index is 596. The molecule has 0 fully saturated rings. The van der Waals surface area contributed by atoms with Crippen LogP contribution in [0.5, 0.6) is 5.75 Å². The van der Waals surface area contributed by atoms with E-state index in [4.69, 9.17) is 5.11 Å². The maximum Gasteiger partial charge on any atom is 0.323 e. The first kappa shape index (κ1) is 13.5. The largest absolute Gasteiger partial charge is 0.508 e. The molecule has 104 valence electrons. The number of carboxylic acids is 1. The lowest BCUT2D eigenvalue weighted by Gasteiger charge is -2.20. The number of phenolic OH excluding ortho intramolecular Hbond substituents is 1. The molecule has 1 aromatic carbocycles. The van der Waals surface area contributed by atoms with E-state index in [2.05, 4.69) is 15.5 Å². The van der Waals surface area contributed by atoms with Crippen LogP contribution < -0.4 is 4.90 Å². The van der Waals surface area contributed by atoms with E-state index >= 15 is 0 Å². The highest BCUT2D eigenvalue weighted by Gasteiger charge is 2.19. The van der Waals surface area contributed by atoms with E-state index in [1.807, 2.05) is 0 Å². The number of hydrogen-bond acceptors (Lipinski definition) is 6. The van der Waals surface area contributed by atoms with Crippen molar-refractivity contribution < 1.29 is 19.8 Å². The molecule has 1 heterocycles. The summed E-state index contributed by atoms with van der Waals surface area (Å²) in [6.45, 7) is -0.674. The molecule has 0 spiro atoms. The summed E-state index contributed by atoms with van der Waals surface area (Å²) < 4.78 is 1.19. The van der Waals surface area contributed by atoms with Crippen LogP contribution in [-0.2, 0) is 16.1 Å². The lowest BCUT2D eigenvalue weighted by Crippen LogP contribution is -2.38. The molecule has 2 aromatic rings. The fourth-order valence-electron chi connectivity index (χ4n) is 1.57. The third-order valence-electron chi connectivity index (χ3n) is 2.44. The quantitative estimate of drug-likeness (QED) is 0.755. The van der Waals surface area contributed by atoms with Crippen molar-refractivity contribution in [2.45, 2.75) is 6.54 Å². The third-order valence-corrected chi connectivity index (χ3v) is 2.44. The summed E-state index contributed by atoms with van der Waals surface area (Å²) >= 11 is 0. The van der Waals surface area contributed by atoms with Crippen molar-refractivity contribution in [3.05, 3.63) is 30.6 Å². The second-order valence-corrected chi connectivity index (χ2v) is 3.90. The fourth-order valence-corrected chi connectivity index (χ4v) is 1.57. The first-order valence-corrected chi connectivity index (χ1v) is 5.58. The van der Waals surface area contributed by atoms with Gasteiger partial charge in [0.1, 0.15) is 25.2 Å². The number of aromatic nitrogens is 4. The highest BCUT2D eigenvalue weighted by atomic mass is 16.4. The molecule has 1 aromatic heterocycles. The maximum atomic E-state index is 12.1. The number of amides is 1. The average molecular weight is 277 g/mol. The number of nitrogens with zero attached hydrogens (tertiary/aromatic N) is 5. The van der Waals surface area contributed by atoms with E-state index in [9.17, 15) is 14.7 Å². The Morgan fingerprint density at radius 3 is 2.50 bits per heavy atom. The van der Waals surface area contributed by atoms with Crippen molar-refractivity contribution in [3.63, 3.8) is 0 Å². The molecule has 9 nitrogen and oxygen atoms in total. The van der Waals surface area contributed by atoms with Gasteiger partial charge < -0.3 is 10.2 Å². The fraction of sp³-hybridized carbons (Fsp3) is 0.182. The van der Waals surface area contributed by atoms with Gasteiger partial charge in [0.25, 0.3) is 0 Å². The third kappa shape index (κ3) is 3.28. The molecule has 0 aliphatic carbocycles. The van der Waals surface area contributed by atoms with Crippen LogP contribution in [0.3, 0.4) is 0 Å². The molecule has 0 atom stereocenters. The van der Waals surface area contributed by atoms with Gasteiger partial charge >= 0.3 is 5.97 Å². The molecule has 0 aliphatic heterocycles. The van der Waals surface area contributed by atoms with Crippen LogP contribution in [0.25, 0.3) is 0 Å². The first-order valence-electron chi connectivity index (χ1n) is 5.58. The zero-order chi connectivity index (χ0) is 14.5. The predicted molar refractivity (Wildman–Crippen MR) is 65.9 cm³/mol. The Morgan fingerprint density at radius 2 is 1.95 bits per heavy atom. The van der Waals surface area contributed by atoms with Crippen LogP contribution >= 0.6 is 0 Å². The van der Waals surface area contributed by atoms with E-state index in [0.29, 0.717) is 5.69 Å². The van der Waals surface area contributed by atoms with E-state index in [-0.39, 0.29) is 12.3 Å². The summed E-state index contributed by atoms with van der Waals surface area (Å²) in [6, 6.07) is 5.65. The van der Waals surface area contributed by atoms with Crippen LogP contribution in [-0.4, -0.2) is 48.8 Å². The molecule has 0 radical (unpaired) electrons. The first-order chi connectivity index (χ1) is 9.56. The topological polar surface area (TPSA) is 121 Å². The average Bonchev–Trinajstić information content (AvgIpc) is 2.89. The van der Waals surface area contributed by atoms with Gasteiger partial charge in [0.2, 0.25) is 5.91 Å². The van der Waals surface area contributed by atoms with Gasteiger partial charge in [0, 0.05) is 5.69 Å². The van der Waals surface area contributed by atoms with E-state index in [1.165, 1.54) is 35.3 Å². The molecule has 0 unspecified atom stereocenters. The standard InChI is InChI=1S/C11H11N5O4/c17-9-3-1-8(2-4-9)16(6-11(19)20)10(18)5-15-7-12-13-14-15/h1-4,7,17H,5-6H2,(H,19,20). The van der Waals surface area contributed by atoms with Crippen LogP contribution in [0.1, 0.15) is 0 Å². The number of aromatic hydroxyl groups is 1. The van der Waals surface area contributed by atoms with Crippen LogP contribution in [0.2, 0.25) is 0 Å². The zero-order valence-corrected chi connectivity index (χ0v) is 10.2. The minimum absolute atomic E-state index is 0.0250. The second kappa shape index (κ2) is 5.78. The number of phenols is 1. The van der Waals surface area contributed by atoms with E-state index in [0.717, 1.165) is 4.90 Å². The number of hydrogen-bond donors (Lipinski definition) is 2. The second-order valence-electron chi connectivity index (χ2n) is 3.90. The van der Waals surface area contributed by atoms with Crippen LogP contribution in [0, 0.1) is 0 Å². The van der Waals surface area contributed by atoms with Crippen molar-refractivity contribution in [1.82, 2.24) is 20.2 Å². The molecule has 0 bridgehead atoms. The van der Waals surface area contributed by atoms with Gasteiger partial charge in [0.05, 0.1) is 0 Å². The summed E-state index contributed by atoms with van der Waals surface area (Å²) in [6.07, 6.45) is 1.26. The number of carbonyl (C=O) groups is 2. The molecule has 0 aliphatic rings. The van der Waals surface area contributed by atoms with Crippen LogP contribution in [0.4, 0.5) is 5.69 Å². The van der Waals surface area contributed by atoms with Gasteiger partial charge in [-0.3, -0.25) is 14.5 Å². The lowest BCUT2D eigenvalue weighted by atomic mass is 10.2. The molecule has 1 amide bonds. The number of benzene rings is 1. The van der Waals surface area contributed by atoms with Crippen LogP contribution in [0.15, 0.2) is 30.6 Å². The molecule has 0 saturated carbocycles. The Balaban J connectivity index is 2.20. The maximum absolute atomic E-state index is 12.1. The van der Waals surface area contributed by atoms with E-state index in [1.54, 1.807) is 0 Å². The van der Waals surface area contributed by atoms with Crippen molar-refractivity contribution in [2.24, 2.45) is 0 Å². The summed E-state index contributed by atoms with van der Waals surface area (Å²) in [5.74, 6) is -1.61. The van der Waals surface area contributed by atoms with Crippen molar-refractivity contribution >= 4 is 17.6 Å². The molecule has 2 N–H and O–H groups in total. The molecule has 0 saturated heterocycles. The van der Waals surface area contributed by atoms with Gasteiger partial charge in [0.15, 0.2) is 0 Å². The number of carboxylic acid groups (broad SMARTS) is 1. The van der Waals surface area contributed by atoms with Crippen molar-refractivity contribution in [1.29, 1.82) is 0 Å². The SMILES string of the molecule is O=C(O)CN(C(=O)Cn1cnnn1)c1ccc(O)cc1.